The van der Waals surface area contributed by atoms with E-state index < -0.39 is 36.9 Å². The number of carbonyl (C=O) groups is 1. The molecule has 0 saturated heterocycles. The van der Waals surface area contributed by atoms with Crippen LogP contribution in [0.1, 0.15) is 10.4 Å². The van der Waals surface area contributed by atoms with Gasteiger partial charge in [-0.2, -0.15) is 0 Å². The summed E-state index contributed by atoms with van der Waals surface area (Å²) in [5.41, 5.74) is -5.53. The van der Waals surface area contributed by atoms with Crippen LogP contribution in [0.5, 0.6) is 0 Å². The predicted octanol–water partition coefficient (Wildman–Crippen LogP) is 0.584. The van der Waals surface area contributed by atoms with Crippen LogP contribution < -0.4 is 4.46 Å². The summed E-state index contributed by atoms with van der Waals surface area (Å²) in [5.74, 6) is -0.787. The Bertz CT molecular complexity index is 569. The van der Waals surface area contributed by atoms with Crippen LogP contribution in [0.25, 0.3) is 0 Å². The van der Waals surface area contributed by atoms with E-state index in [1.54, 1.807) is 0 Å². The van der Waals surface area contributed by atoms with E-state index in [-0.39, 0.29) is 10.0 Å². The zero-order valence-electron chi connectivity index (χ0n) is 9.30. The molecule has 0 spiro atoms. The van der Waals surface area contributed by atoms with Gasteiger partial charge < -0.3 is 0 Å². The summed E-state index contributed by atoms with van der Waals surface area (Å²) >= 11 is -1.53. The first-order chi connectivity index (χ1) is 8.69. The molecule has 1 aromatic carbocycles. The van der Waals surface area contributed by atoms with Gasteiger partial charge >= 0.3 is 113 Å². The van der Waals surface area contributed by atoms with E-state index in [1.165, 1.54) is 24.3 Å². The summed E-state index contributed by atoms with van der Waals surface area (Å²) < 4.78 is 66.0. The third-order valence-corrected chi connectivity index (χ3v) is 5.28. The fourth-order valence-corrected chi connectivity index (χ4v) is 3.48. The SMILES string of the molecule is COC(=O)c1ccccc1[Se]OS(=O)(=O)C(F)(F)F. The summed E-state index contributed by atoms with van der Waals surface area (Å²) in [6.07, 6.45) is 0. The van der Waals surface area contributed by atoms with E-state index in [2.05, 4.69) is 8.00 Å². The van der Waals surface area contributed by atoms with Crippen LogP contribution >= 0.6 is 0 Å². The van der Waals surface area contributed by atoms with Crippen molar-refractivity contribution in [1.82, 2.24) is 0 Å². The Morgan fingerprint density at radius 2 is 1.84 bits per heavy atom. The molecule has 0 radical (unpaired) electrons. The Morgan fingerprint density at radius 3 is 2.37 bits per heavy atom. The number of carbonyl (C=O) groups excluding carboxylic acids is 1. The van der Waals surface area contributed by atoms with Crippen molar-refractivity contribution in [2.24, 2.45) is 0 Å². The van der Waals surface area contributed by atoms with Crippen LogP contribution in [-0.2, 0) is 18.1 Å². The minimum atomic E-state index is -5.67. The van der Waals surface area contributed by atoms with E-state index in [4.69, 9.17) is 0 Å². The molecule has 0 aliphatic rings. The van der Waals surface area contributed by atoms with Crippen LogP contribution in [-0.4, -0.2) is 42.3 Å². The summed E-state index contributed by atoms with van der Waals surface area (Å²) in [6.45, 7) is 0. The number of alkyl halides is 3. The van der Waals surface area contributed by atoms with Gasteiger partial charge in [0.25, 0.3) is 0 Å². The number of ether oxygens (including phenoxy) is 1. The fraction of sp³-hybridized carbons (Fsp3) is 0.222. The average Bonchev–Trinajstić information content (AvgIpc) is 2.34. The van der Waals surface area contributed by atoms with Crippen LogP contribution in [0.2, 0.25) is 0 Å². The molecule has 0 fully saturated rings. The standard InChI is InChI=1S/C9H7F3O5SSe/c1-16-8(13)6-4-2-3-5-7(6)19-17-18(14,15)9(10,11)12/h2-5H,1H3. The molecule has 0 bridgehead atoms. The molecule has 0 saturated carbocycles. The van der Waals surface area contributed by atoms with Crippen molar-refractivity contribution < 1.29 is 34.4 Å². The van der Waals surface area contributed by atoms with Crippen LogP contribution in [0.3, 0.4) is 0 Å². The van der Waals surface area contributed by atoms with E-state index in [9.17, 15) is 26.4 Å². The number of methoxy groups -OCH3 is 1. The first-order valence-electron chi connectivity index (χ1n) is 4.54. The molecular formula is C9H7F3O5SSe. The van der Waals surface area contributed by atoms with Gasteiger partial charge in [0.1, 0.15) is 0 Å². The Hall–Kier alpha value is -1.09. The Kier molecular flexibility index (Phi) is 4.97. The molecule has 0 heterocycles. The first-order valence-corrected chi connectivity index (χ1v) is 7.50. The third-order valence-electron chi connectivity index (χ3n) is 1.79. The van der Waals surface area contributed by atoms with Gasteiger partial charge in [0, 0.05) is 0 Å². The Balaban J connectivity index is 2.94. The first kappa shape index (κ1) is 16.0. The molecule has 0 N–H and O–H groups in total. The second-order valence-electron chi connectivity index (χ2n) is 3.04. The molecule has 106 valence electrons. The molecule has 0 atom stereocenters. The van der Waals surface area contributed by atoms with E-state index in [0.29, 0.717) is 0 Å². The summed E-state index contributed by atoms with van der Waals surface area (Å²) in [4.78, 5) is 11.3. The van der Waals surface area contributed by atoms with Crippen LogP contribution in [0.15, 0.2) is 24.3 Å². The zero-order valence-corrected chi connectivity index (χ0v) is 11.8. The van der Waals surface area contributed by atoms with Gasteiger partial charge in [-0.05, 0) is 0 Å². The second-order valence-corrected chi connectivity index (χ2v) is 6.68. The number of halogens is 3. The summed E-state index contributed by atoms with van der Waals surface area (Å²) in [7, 11) is -4.57. The monoisotopic (exact) mass is 364 g/mol. The van der Waals surface area contributed by atoms with E-state index in [1.807, 2.05) is 0 Å². The molecule has 1 aromatic rings. The molecule has 10 heteroatoms. The Morgan fingerprint density at radius 1 is 1.26 bits per heavy atom. The van der Waals surface area contributed by atoms with Crippen molar-refractivity contribution in [1.29, 1.82) is 0 Å². The van der Waals surface area contributed by atoms with Crippen LogP contribution in [0, 0.1) is 0 Å². The molecule has 0 unspecified atom stereocenters. The maximum atomic E-state index is 12.1. The Labute approximate surface area is 113 Å². The third kappa shape index (κ3) is 3.93. The molecule has 0 aromatic heterocycles. The topological polar surface area (TPSA) is 69.7 Å². The quantitative estimate of drug-likeness (QED) is 0.445. The summed E-state index contributed by atoms with van der Waals surface area (Å²) in [5, 5.41) is 0. The van der Waals surface area contributed by atoms with Gasteiger partial charge in [0.2, 0.25) is 0 Å². The number of hydrogen-bond acceptors (Lipinski definition) is 5. The van der Waals surface area contributed by atoms with Crippen molar-refractivity contribution in [3.05, 3.63) is 29.8 Å². The number of esters is 1. The number of rotatable bonds is 4. The molecule has 1 rings (SSSR count). The fourth-order valence-electron chi connectivity index (χ4n) is 0.938. The summed E-state index contributed by atoms with van der Waals surface area (Å²) in [6, 6.07) is 5.49. The van der Waals surface area contributed by atoms with Gasteiger partial charge in [0.05, 0.1) is 0 Å². The van der Waals surface area contributed by atoms with Gasteiger partial charge in [-0.15, -0.1) is 0 Å². The minimum absolute atomic E-state index is 0.0367. The second kappa shape index (κ2) is 5.91. The van der Waals surface area contributed by atoms with Crippen LogP contribution in [0.4, 0.5) is 13.2 Å². The molecular weight excluding hydrogens is 356 g/mol. The normalized spacial score (nSPS) is 12.2. The zero-order chi connectivity index (χ0) is 14.7. The predicted molar refractivity (Wildman–Crippen MR) is 59.2 cm³/mol. The maximum absolute atomic E-state index is 12.1. The average molecular weight is 363 g/mol. The molecule has 0 aliphatic carbocycles. The van der Waals surface area contributed by atoms with Crippen molar-refractivity contribution in [2.45, 2.75) is 5.51 Å². The molecule has 5 nitrogen and oxygen atoms in total. The van der Waals surface area contributed by atoms with Gasteiger partial charge in [-0.1, -0.05) is 0 Å². The van der Waals surface area contributed by atoms with E-state index >= 15 is 0 Å². The van der Waals surface area contributed by atoms with Crippen molar-refractivity contribution >= 4 is 35.8 Å². The number of hydrogen-bond donors (Lipinski definition) is 0. The number of benzene rings is 1. The van der Waals surface area contributed by atoms with E-state index in [0.717, 1.165) is 7.11 Å². The molecule has 0 amide bonds. The van der Waals surface area contributed by atoms with Crippen molar-refractivity contribution in [3.8, 4) is 0 Å². The van der Waals surface area contributed by atoms with Crippen molar-refractivity contribution in [3.63, 3.8) is 0 Å². The van der Waals surface area contributed by atoms with Crippen molar-refractivity contribution in [2.75, 3.05) is 7.11 Å². The van der Waals surface area contributed by atoms with Gasteiger partial charge in [-0.25, -0.2) is 0 Å². The van der Waals surface area contributed by atoms with Gasteiger partial charge in [0.15, 0.2) is 0 Å². The molecule has 0 aliphatic heterocycles. The molecule has 19 heavy (non-hydrogen) atoms. The van der Waals surface area contributed by atoms with Gasteiger partial charge in [-0.3, -0.25) is 0 Å².